The van der Waals surface area contributed by atoms with E-state index < -0.39 is 0 Å². The molecule has 1 aromatic rings. The van der Waals surface area contributed by atoms with E-state index in [1.807, 2.05) is 36.2 Å². The molecule has 0 spiro atoms. The monoisotopic (exact) mass is 397 g/mol. The lowest BCUT2D eigenvalue weighted by molar-refractivity contribution is -0.111. The Labute approximate surface area is 172 Å². The second kappa shape index (κ2) is 7.14. The molecule has 0 saturated heterocycles. The van der Waals surface area contributed by atoms with Gasteiger partial charge < -0.3 is 5.48 Å². The summed E-state index contributed by atoms with van der Waals surface area (Å²) >= 11 is 1.97. The van der Waals surface area contributed by atoms with E-state index in [0.29, 0.717) is 16.6 Å². The molecule has 3 fully saturated rings. The van der Waals surface area contributed by atoms with Crippen LogP contribution in [0.5, 0.6) is 0 Å². The highest BCUT2D eigenvalue weighted by Gasteiger charge is 2.58. The van der Waals surface area contributed by atoms with E-state index in [4.69, 9.17) is 0 Å². The Hall–Kier alpha value is -1.39. The van der Waals surface area contributed by atoms with Crippen molar-refractivity contribution in [1.82, 2.24) is 4.98 Å². The van der Waals surface area contributed by atoms with Gasteiger partial charge in [0.2, 0.25) is 0 Å². The van der Waals surface area contributed by atoms with Crippen LogP contribution in [0.15, 0.2) is 53.2 Å². The maximum Gasteiger partial charge on any atom is 0.178 e. The summed E-state index contributed by atoms with van der Waals surface area (Å²) in [6.07, 6.45) is 15.8. The fourth-order valence-corrected chi connectivity index (χ4v) is 8.21. The Balaban J connectivity index is 0.00000192. The lowest BCUT2D eigenvalue weighted by Gasteiger charge is -2.58. The molecule has 3 nitrogen and oxygen atoms in total. The van der Waals surface area contributed by atoms with E-state index in [-0.39, 0.29) is 16.7 Å². The molecule has 0 unspecified atom stereocenters. The number of nitrogens with zero attached hydrogens (tertiary/aromatic N) is 1. The molecule has 2 N–H and O–H groups in total. The number of hydrogen-bond donors (Lipinski definition) is 0. The van der Waals surface area contributed by atoms with E-state index in [2.05, 4.69) is 37.0 Å². The Morgan fingerprint density at radius 3 is 2.79 bits per heavy atom. The number of thioether (sulfide) groups is 1. The number of hydrogen-bond acceptors (Lipinski definition) is 3. The maximum absolute atomic E-state index is 12.1. The first-order chi connectivity index (χ1) is 13.0. The molecular weight excluding hydrogens is 366 g/mol. The quantitative estimate of drug-likeness (QED) is 0.703. The SMILES string of the molecule is C[C@@]12CCC[C@H]1[C@@H]1[C@@H](Sc3ccccn3)CC3=CC(=O)C=C[C@]3(C)[C@H]1CC2.O. The lowest BCUT2D eigenvalue weighted by Crippen LogP contribution is -2.52. The summed E-state index contributed by atoms with van der Waals surface area (Å²) in [4.78, 5) is 16.7. The molecule has 1 heterocycles. The van der Waals surface area contributed by atoms with Crippen molar-refractivity contribution < 1.29 is 10.3 Å². The second-order valence-electron chi connectivity index (χ2n) is 9.59. The molecule has 0 aliphatic heterocycles. The van der Waals surface area contributed by atoms with Gasteiger partial charge in [0.1, 0.15) is 0 Å². The van der Waals surface area contributed by atoms with E-state index >= 15 is 0 Å². The van der Waals surface area contributed by atoms with Crippen LogP contribution < -0.4 is 0 Å². The number of rotatable bonds is 2. The summed E-state index contributed by atoms with van der Waals surface area (Å²) < 4.78 is 0. The van der Waals surface area contributed by atoms with Crippen LogP contribution in [0.3, 0.4) is 0 Å². The van der Waals surface area contributed by atoms with Gasteiger partial charge in [-0.25, -0.2) is 4.98 Å². The standard InChI is InChI=1S/C24H29NOS.H2O/c1-23-10-5-6-18(23)22-19(9-11-23)24(2)12-8-17(26)14-16(24)15-20(22)27-21-7-3-4-13-25-21;/h3-4,7-8,12-14,18-20,22H,5-6,9-11,15H2,1-2H3;1H2/t18-,19-,20-,22-,23-,24-;/m0./s1. The van der Waals surface area contributed by atoms with Crippen molar-refractivity contribution in [3.8, 4) is 0 Å². The molecule has 0 radical (unpaired) electrons. The van der Waals surface area contributed by atoms with Crippen LogP contribution in [0.25, 0.3) is 0 Å². The van der Waals surface area contributed by atoms with Crippen molar-refractivity contribution >= 4 is 17.5 Å². The normalized spacial score (nSPS) is 41.4. The van der Waals surface area contributed by atoms with Crippen LogP contribution in [-0.4, -0.2) is 21.5 Å². The lowest BCUT2D eigenvalue weighted by atomic mass is 9.48. The van der Waals surface area contributed by atoms with Crippen molar-refractivity contribution in [2.24, 2.45) is 28.6 Å². The summed E-state index contributed by atoms with van der Waals surface area (Å²) in [7, 11) is 0. The number of pyridine rings is 1. The van der Waals surface area contributed by atoms with Crippen molar-refractivity contribution in [3.05, 3.63) is 48.2 Å². The van der Waals surface area contributed by atoms with Crippen LogP contribution in [0.4, 0.5) is 0 Å². The number of allylic oxidation sites excluding steroid dienone is 4. The molecule has 5 rings (SSSR count). The average Bonchev–Trinajstić information content (AvgIpc) is 3.05. The fourth-order valence-electron chi connectivity index (χ4n) is 6.83. The highest BCUT2D eigenvalue weighted by atomic mass is 32.2. The molecule has 1 aromatic heterocycles. The van der Waals surface area contributed by atoms with Gasteiger partial charge in [-0.3, -0.25) is 4.79 Å². The molecule has 3 saturated carbocycles. The predicted octanol–water partition coefficient (Wildman–Crippen LogP) is 5.03. The Morgan fingerprint density at radius 1 is 1.14 bits per heavy atom. The predicted molar refractivity (Wildman–Crippen MR) is 114 cm³/mol. The smallest absolute Gasteiger partial charge is 0.178 e. The summed E-state index contributed by atoms with van der Waals surface area (Å²) in [6.45, 7) is 4.95. The topological polar surface area (TPSA) is 61.5 Å². The first-order valence-corrected chi connectivity index (χ1v) is 11.4. The molecule has 4 aliphatic carbocycles. The minimum absolute atomic E-state index is 0. The largest absolute Gasteiger partial charge is 0.412 e. The molecule has 0 amide bonds. The molecule has 28 heavy (non-hydrogen) atoms. The maximum atomic E-state index is 12.1. The summed E-state index contributed by atoms with van der Waals surface area (Å²) in [6, 6.07) is 6.23. The molecule has 150 valence electrons. The molecule has 4 heteroatoms. The van der Waals surface area contributed by atoms with Crippen molar-refractivity contribution in [2.45, 2.75) is 62.6 Å². The molecule has 0 aromatic carbocycles. The minimum Gasteiger partial charge on any atom is -0.412 e. The Kier molecular flexibility index (Phi) is 5.08. The zero-order valence-corrected chi connectivity index (χ0v) is 17.7. The van der Waals surface area contributed by atoms with Crippen LogP contribution in [0.1, 0.15) is 52.4 Å². The number of carbonyl (C=O) groups is 1. The summed E-state index contributed by atoms with van der Waals surface area (Å²) in [5.41, 5.74) is 1.96. The van der Waals surface area contributed by atoms with E-state index in [1.54, 1.807) is 0 Å². The molecular formula is C24H31NO2S. The third kappa shape index (κ3) is 3.00. The van der Waals surface area contributed by atoms with Gasteiger partial charge in [0.05, 0.1) is 5.03 Å². The minimum atomic E-state index is 0. The number of carbonyl (C=O) groups excluding carboxylic acids is 1. The van der Waals surface area contributed by atoms with Crippen LogP contribution in [0.2, 0.25) is 0 Å². The van der Waals surface area contributed by atoms with Gasteiger partial charge in [0.25, 0.3) is 0 Å². The zero-order valence-electron chi connectivity index (χ0n) is 16.9. The van der Waals surface area contributed by atoms with Gasteiger partial charge in [0, 0.05) is 16.9 Å². The second-order valence-corrected chi connectivity index (χ2v) is 10.9. The van der Waals surface area contributed by atoms with Gasteiger partial charge in [-0.1, -0.05) is 38.0 Å². The van der Waals surface area contributed by atoms with Crippen LogP contribution >= 0.6 is 11.8 Å². The highest BCUT2D eigenvalue weighted by Crippen LogP contribution is 2.66. The summed E-state index contributed by atoms with van der Waals surface area (Å²) in [5, 5.41) is 1.67. The first-order valence-electron chi connectivity index (χ1n) is 10.5. The average molecular weight is 398 g/mol. The zero-order chi connectivity index (χ0) is 18.6. The van der Waals surface area contributed by atoms with Crippen molar-refractivity contribution in [3.63, 3.8) is 0 Å². The molecule has 4 aliphatic rings. The fraction of sp³-hybridized carbons (Fsp3) is 0.583. The summed E-state index contributed by atoms with van der Waals surface area (Å²) in [5.74, 6) is 2.36. The first kappa shape index (κ1) is 19.9. The Bertz CT molecular complexity index is 819. The third-order valence-corrected chi connectivity index (χ3v) is 9.51. The van der Waals surface area contributed by atoms with Crippen molar-refractivity contribution in [1.29, 1.82) is 0 Å². The van der Waals surface area contributed by atoms with Gasteiger partial charge in [-0.15, -0.1) is 11.8 Å². The number of aromatic nitrogens is 1. The number of ketones is 1. The highest BCUT2D eigenvalue weighted by molar-refractivity contribution is 7.99. The molecule has 0 bridgehead atoms. The van der Waals surface area contributed by atoms with Gasteiger partial charge in [-0.2, -0.15) is 0 Å². The van der Waals surface area contributed by atoms with E-state index in [9.17, 15) is 4.79 Å². The van der Waals surface area contributed by atoms with E-state index in [1.165, 1.54) is 37.7 Å². The third-order valence-electron chi connectivity index (χ3n) is 8.25. The van der Waals surface area contributed by atoms with Gasteiger partial charge in [-0.05, 0) is 79.6 Å². The van der Waals surface area contributed by atoms with E-state index in [0.717, 1.165) is 23.3 Å². The van der Waals surface area contributed by atoms with Gasteiger partial charge in [0.15, 0.2) is 5.78 Å². The van der Waals surface area contributed by atoms with Crippen LogP contribution in [0, 0.1) is 28.6 Å². The number of fused-ring (bicyclic) bond motifs is 5. The van der Waals surface area contributed by atoms with Crippen LogP contribution in [-0.2, 0) is 4.79 Å². The Morgan fingerprint density at radius 2 is 2.00 bits per heavy atom. The molecule has 6 atom stereocenters. The van der Waals surface area contributed by atoms with Gasteiger partial charge >= 0.3 is 0 Å². The van der Waals surface area contributed by atoms with Crippen molar-refractivity contribution in [2.75, 3.05) is 0 Å².